The van der Waals surface area contributed by atoms with Crippen LogP contribution in [0, 0.1) is 0 Å². The number of aromatic amines is 1. The Morgan fingerprint density at radius 1 is 1.50 bits per heavy atom. The van der Waals surface area contributed by atoms with E-state index < -0.39 is 0 Å². The summed E-state index contributed by atoms with van der Waals surface area (Å²) in [7, 11) is 0. The summed E-state index contributed by atoms with van der Waals surface area (Å²) < 4.78 is 5.94. The molecule has 5 heteroatoms. The van der Waals surface area contributed by atoms with Gasteiger partial charge >= 0.3 is 0 Å². The summed E-state index contributed by atoms with van der Waals surface area (Å²) >= 11 is 3.29. The number of halogens is 1. The average molecular weight is 283 g/mol. The highest BCUT2D eigenvalue weighted by Gasteiger charge is 2.10. The zero-order chi connectivity index (χ0) is 11.5. The molecule has 1 aromatic carbocycles. The summed E-state index contributed by atoms with van der Waals surface area (Å²) in [5, 5.41) is 9.75. The highest BCUT2D eigenvalue weighted by atomic mass is 79.9. The van der Waals surface area contributed by atoms with Crippen LogP contribution in [-0.4, -0.2) is 21.7 Å². The molecule has 84 valence electrons. The second-order valence-corrected chi connectivity index (χ2v) is 4.06. The molecular formula is C11H11BrN2O2. The van der Waals surface area contributed by atoms with Gasteiger partial charge in [-0.15, -0.1) is 0 Å². The number of benzene rings is 1. The lowest BCUT2D eigenvalue weighted by Crippen LogP contribution is -1.93. The van der Waals surface area contributed by atoms with Crippen molar-refractivity contribution in [2.75, 3.05) is 6.61 Å². The van der Waals surface area contributed by atoms with Crippen molar-refractivity contribution in [2.45, 2.75) is 6.92 Å². The smallest absolute Gasteiger partial charge is 0.172 e. The first-order valence-electron chi connectivity index (χ1n) is 4.86. The van der Waals surface area contributed by atoms with E-state index in [1.165, 1.54) is 0 Å². The Morgan fingerprint density at radius 2 is 2.31 bits per heavy atom. The van der Waals surface area contributed by atoms with Gasteiger partial charge in [0, 0.05) is 5.56 Å². The number of rotatable bonds is 3. The number of phenolic OH excluding ortho intramolecular Hbond substituents is 1. The molecule has 16 heavy (non-hydrogen) atoms. The van der Waals surface area contributed by atoms with E-state index in [4.69, 9.17) is 4.74 Å². The van der Waals surface area contributed by atoms with Crippen LogP contribution in [-0.2, 0) is 0 Å². The highest BCUT2D eigenvalue weighted by Crippen LogP contribution is 2.38. The third-order valence-electron chi connectivity index (χ3n) is 2.14. The monoisotopic (exact) mass is 282 g/mol. The zero-order valence-corrected chi connectivity index (χ0v) is 10.3. The largest absolute Gasteiger partial charge is 0.503 e. The van der Waals surface area contributed by atoms with Crippen molar-refractivity contribution in [3.05, 3.63) is 29.1 Å². The van der Waals surface area contributed by atoms with Crippen LogP contribution in [0.1, 0.15) is 6.92 Å². The Bertz CT molecular complexity index is 483. The number of H-pyrrole nitrogens is 1. The maximum absolute atomic E-state index is 9.75. The van der Waals surface area contributed by atoms with Gasteiger partial charge in [0.2, 0.25) is 0 Å². The van der Waals surface area contributed by atoms with E-state index in [2.05, 4.69) is 25.9 Å². The number of phenols is 1. The lowest BCUT2D eigenvalue weighted by molar-refractivity contribution is 0.317. The molecular weight excluding hydrogens is 272 g/mol. The fourth-order valence-electron chi connectivity index (χ4n) is 1.41. The van der Waals surface area contributed by atoms with Gasteiger partial charge in [0.05, 0.1) is 29.3 Å². The molecule has 0 saturated carbocycles. The lowest BCUT2D eigenvalue weighted by Gasteiger charge is -2.09. The Balaban J connectivity index is 2.48. The normalized spacial score (nSPS) is 10.4. The standard InChI is InChI=1S/C11H11BrN2O2/c1-2-16-10-4-7(3-8(12)11(10)15)9-5-13-6-14-9/h3-6,15H,2H2,1H3,(H,13,14). The van der Waals surface area contributed by atoms with Crippen LogP contribution in [0.2, 0.25) is 0 Å². The molecule has 0 saturated heterocycles. The van der Waals surface area contributed by atoms with Gasteiger partial charge in [-0.05, 0) is 35.0 Å². The molecule has 0 fully saturated rings. The molecule has 0 bridgehead atoms. The van der Waals surface area contributed by atoms with Crippen molar-refractivity contribution in [1.29, 1.82) is 0 Å². The van der Waals surface area contributed by atoms with E-state index >= 15 is 0 Å². The first kappa shape index (κ1) is 11.0. The van der Waals surface area contributed by atoms with Gasteiger partial charge in [-0.3, -0.25) is 0 Å². The number of hydrogen-bond acceptors (Lipinski definition) is 3. The van der Waals surface area contributed by atoms with Crippen LogP contribution in [0.25, 0.3) is 11.3 Å². The second-order valence-electron chi connectivity index (χ2n) is 3.20. The van der Waals surface area contributed by atoms with Crippen LogP contribution in [0.3, 0.4) is 0 Å². The fourth-order valence-corrected chi connectivity index (χ4v) is 1.85. The summed E-state index contributed by atoms with van der Waals surface area (Å²) in [6.07, 6.45) is 3.32. The second kappa shape index (κ2) is 4.57. The molecule has 4 nitrogen and oxygen atoms in total. The van der Waals surface area contributed by atoms with Gasteiger partial charge < -0.3 is 14.8 Å². The van der Waals surface area contributed by atoms with Crippen LogP contribution < -0.4 is 4.74 Å². The van der Waals surface area contributed by atoms with E-state index in [-0.39, 0.29) is 5.75 Å². The van der Waals surface area contributed by atoms with Crippen LogP contribution >= 0.6 is 15.9 Å². The van der Waals surface area contributed by atoms with Gasteiger partial charge in [-0.25, -0.2) is 4.98 Å². The molecule has 0 aliphatic rings. The lowest BCUT2D eigenvalue weighted by atomic mass is 10.1. The van der Waals surface area contributed by atoms with Crippen molar-refractivity contribution < 1.29 is 9.84 Å². The Morgan fingerprint density at radius 3 is 2.94 bits per heavy atom. The minimum atomic E-state index is 0.116. The van der Waals surface area contributed by atoms with E-state index in [1.54, 1.807) is 18.6 Å². The SMILES string of the molecule is CCOc1cc(-c2cnc[nH]2)cc(Br)c1O. The summed E-state index contributed by atoms with van der Waals surface area (Å²) in [6.45, 7) is 2.38. The van der Waals surface area contributed by atoms with Gasteiger partial charge in [-0.2, -0.15) is 0 Å². The average Bonchev–Trinajstić information content (AvgIpc) is 2.78. The molecule has 0 unspecified atom stereocenters. The van der Waals surface area contributed by atoms with Gasteiger partial charge in [0.15, 0.2) is 11.5 Å². The third-order valence-corrected chi connectivity index (χ3v) is 2.74. The maximum atomic E-state index is 9.75. The molecule has 0 aliphatic heterocycles. The maximum Gasteiger partial charge on any atom is 0.172 e. The minimum absolute atomic E-state index is 0.116. The van der Waals surface area contributed by atoms with Crippen molar-refractivity contribution in [2.24, 2.45) is 0 Å². The van der Waals surface area contributed by atoms with Gasteiger partial charge in [-0.1, -0.05) is 0 Å². The van der Waals surface area contributed by atoms with Crippen LogP contribution in [0.4, 0.5) is 0 Å². The van der Waals surface area contributed by atoms with Crippen molar-refractivity contribution >= 4 is 15.9 Å². The van der Waals surface area contributed by atoms with E-state index in [9.17, 15) is 5.11 Å². The quantitative estimate of drug-likeness (QED) is 0.910. The molecule has 2 rings (SSSR count). The van der Waals surface area contributed by atoms with E-state index in [1.807, 2.05) is 13.0 Å². The molecule has 0 aliphatic carbocycles. The first-order chi connectivity index (χ1) is 7.72. The number of aromatic nitrogens is 2. The zero-order valence-electron chi connectivity index (χ0n) is 8.70. The molecule has 0 radical (unpaired) electrons. The molecule has 0 atom stereocenters. The Kier molecular flexibility index (Phi) is 3.14. The number of aromatic hydroxyl groups is 1. The molecule has 2 N–H and O–H groups in total. The molecule has 0 spiro atoms. The summed E-state index contributed by atoms with van der Waals surface area (Å²) in [6, 6.07) is 3.59. The van der Waals surface area contributed by atoms with E-state index in [0.29, 0.717) is 16.8 Å². The highest BCUT2D eigenvalue weighted by molar-refractivity contribution is 9.10. The van der Waals surface area contributed by atoms with Gasteiger partial charge in [0.1, 0.15) is 0 Å². The number of ether oxygens (including phenoxy) is 1. The molecule has 2 aromatic rings. The number of imidazole rings is 1. The number of hydrogen-bond donors (Lipinski definition) is 2. The van der Waals surface area contributed by atoms with Crippen LogP contribution in [0.5, 0.6) is 11.5 Å². The summed E-state index contributed by atoms with van der Waals surface area (Å²) in [4.78, 5) is 6.95. The Labute approximate surface area is 101 Å². The molecule has 0 amide bonds. The predicted octanol–water partition coefficient (Wildman–Crippen LogP) is 2.94. The number of nitrogens with one attached hydrogen (secondary N) is 1. The summed E-state index contributed by atoms with van der Waals surface area (Å²) in [5.74, 6) is 0.576. The van der Waals surface area contributed by atoms with Crippen molar-refractivity contribution in [3.8, 4) is 22.8 Å². The topological polar surface area (TPSA) is 58.1 Å². The number of nitrogens with zero attached hydrogens (tertiary/aromatic N) is 1. The minimum Gasteiger partial charge on any atom is -0.503 e. The Hall–Kier alpha value is -1.49. The summed E-state index contributed by atoms with van der Waals surface area (Å²) in [5.41, 5.74) is 1.78. The molecule has 1 aromatic heterocycles. The van der Waals surface area contributed by atoms with Crippen molar-refractivity contribution in [3.63, 3.8) is 0 Å². The van der Waals surface area contributed by atoms with Gasteiger partial charge in [0.25, 0.3) is 0 Å². The van der Waals surface area contributed by atoms with Crippen LogP contribution in [0.15, 0.2) is 29.1 Å². The first-order valence-corrected chi connectivity index (χ1v) is 5.65. The predicted molar refractivity (Wildman–Crippen MR) is 64.6 cm³/mol. The molecule has 1 heterocycles. The van der Waals surface area contributed by atoms with E-state index in [0.717, 1.165) is 11.3 Å². The third kappa shape index (κ3) is 2.04. The fraction of sp³-hybridized carbons (Fsp3) is 0.182. The van der Waals surface area contributed by atoms with Crippen molar-refractivity contribution in [1.82, 2.24) is 9.97 Å².